The van der Waals surface area contributed by atoms with Crippen molar-refractivity contribution >= 4 is 56.9 Å². The molecular formula is C17H9Cl2N3O2S2. The minimum atomic E-state index is -0.396. The van der Waals surface area contributed by atoms with E-state index in [2.05, 4.69) is 15.3 Å². The molecule has 1 aromatic carbocycles. The molecule has 0 saturated carbocycles. The van der Waals surface area contributed by atoms with Gasteiger partial charge in [-0.25, -0.2) is 9.97 Å². The minimum absolute atomic E-state index is 0.152. The number of carbonyl (C=O) groups is 1. The highest BCUT2D eigenvalue weighted by atomic mass is 35.5. The van der Waals surface area contributed by atoms with E-state index in [1.54, 1.807) is 29.5 Å². The molecule has 0 aliphatic rings. The molecule has 0 atom stereocenters. The Hall–Kier alpha value is -2.19. The van der Waals surface area contributed by atoms with Gasteiger partial charge >= 0.3 is 0 Å². The molecule has 130 valence electrons. The number of nitrogens with zero attached hydrogens (tertiary/aromatic N) is 2. The molecule has 26 heavy (non-hydrogen) atoms. The number of amides is 1. The van der Waals surface area contributed by atoms with Crippen molar-refractivity contribution in [1.82, 2.24) is 9.97 Å². The van der Waals surface area contributed by atoms with E-state index in [0.29, 0.717) is 20.7 Å². The van der Waals surface area contributed by atoms with Gasteiger partial charge in [0.2, 0.25) is 5.89 Å². The normalized spacial score (nSPS) is 10.8. The fourth-order valence-electron chi connectivity index (χ4n) is 2.17. The number of carbonyl (C=O) groups excluding carboxylic acids is 1. The number of hydrogen-bond donors (Lipinski definition) is 1. The molecular weight excluding hydrogens is 413 g/mol. The van der Waals surface area contributed by atoms with E-state index in [1.165, 1.54) is 17.6 Å². The summed E-state index contributed by atoms with van der Waals surface area (Å²) in [5.74, 6) is -0.112. The summed E-state index contributed by atoms with van der Waals surface area (Å²) in [5.41, 5.74) is 1.61. The number of rotatable bonds is 4. The van der Waals surface area contributed by atoms with E-state index < -0.39 is 5.91 Å². The first-order valence-corrected chi connectivity index (χ1v) is 9.83. The zero-order chi connectivity index (χ0) is 18.1. The van der Waals surface area contributed by atoms with Gasteiger partial charge in [0.15, 0.2) is 10.8 Å². The third-order valence-electron chi connectivity index (χ3n) is 3.40. The van der Waals surface area contributed by atoms with Crippen molar-refractivity contribution in [2.24, 2.45) is 0 Å². The molecule has 0 unspecified atom stereocenters. The molecule has 0 aliphatic heterocycles. The van der Waals surface area contributed by atoms with E-state index in [-0.39, 0.29) is 11.6 Å². The van der Waals surface area contributed by atoms with E-state index in [4.69, 9.17) is 27.6 Å². The number of thiazole rings is 1. The third kappa shape index (κ3) is 3.52. The summed E-state index contributed by atoms with van der Waals surface area (Å²) in [6, 6.07) is 8.93. The summed E-state index contributed by atoms with van der Waals surface area (Å²) in [4.78, 5) is 22.0. The summed E-state index contributed by atoms with van der Waals surface area (Å²) in [5, 5.41) is 7.92. The maximum Gasteiger partial charge on any atom is 0.279 e. The van der Waals surface area contributed by atoms with Crippen LogP contribution in [0.2, 0.25) is 10.0 Å². The molecule has 0 spiro atoms. The second-order valence-electron chi connectivity index (χ2n) is 5.14. The Bertz CT molecular complexity index is 1070. The van der Waals surface area contributed by atoms with Crippen molar-refractivity contribution in [2.45, 2.75) is 0 Å². The topological polar surface area (TPSA) is 68.0 Å². The van der Waals surface area contributed by atoms with Crippen LogP contribution in [0, 0.1) is 0 Å². The third-order valence-corrected chi connectivity index (χ3v) is 5.79. The van der Waals surface area contributed by atoms with Crippen LogP contribution in [-0.2, 0) is 0 Å². The molecule has 0 fully saturated rings. The van der Waals surface area contributed by atoms with Crippen molar-refractivity contribution in [3.05, 3.63) is 63.1 Å². The van der Waals surface area contributed by atoms with Gasteiger partial charge < -0.3 is 4.42 Å². The fraction of sp³-hybridized carbons (Fsp3) is 0. The predicted octanol–water partition coefficient (Wildman–Crippen LogP) is 6.09. The number of anilines is 1. The molecule has 4 aromatic rings. The van der Waals surface area contributed by atoms with Gasteiger partial charge in [-0.2, -0.15) is 0 Å². The lowest BCUT2D eigenvalue weighted by molar-refractivity contribution is 0.102. The maximum atomic E-state index is 12.4. The highest BCUT2D eigenvalue weighted by Gasteiger charge is 2.16. The van der Waals surface area contributed by atoms with Gasteiger partial charge in [-0.05, 0) is 29.6 Å². The van der Waals surface area contributed by atoms with Crippen molar-refractivity contribution < 1.29 is 9.21 Å². The first-order valence-electron chi connectivity index (χ1n) is 7.32. The molecule has 3 heterocycles. The highest BCUT2D eigenvalue weighted by Crippen LogP contribution is 2.30. The highest BCUT2D eigenvalue weighted by molar-refractivity contribution is 7.16. The quantitative estimate of drug-likeness (QED) is 0.432. The van der Waals surface area contributed by atoms with Crippen molar-refractivity contribution in [1.29, 1.82) is 0 Å². The van der Waals surface area contributed by atoms with Gasteiger partial charge in [0, 0.05) is 10.9 Å². The standard InChI is InChI=1S/C17H9Cl2N3O2S2/c18-10-4-3-9(6-11(10)19)16-20-12(7-24-16)15(23)22-17-21-13(8-26-17)14-2-1-5-25-14/h1-8H,(H,21,22,23). The molecule has 5 nitrogen and oxygen atoms in total. The molecule has 9 heteroatoms. The van der Waals surface area contributed by atoms with Gasteiger partial charge in [-0.3, -0.25) is 10.1 Å². The summed E-state index contributed by atoms with van der Waals surface area (Å²) in [6.07, 6.45) is 1.29. The zero-order valence-electron chi connectivity index (χ0n) is 12.9. The van der Waals surface area contributed by atoms with Gasteiger partial charge in [-0.15, -0.1) is 22.7 Å². The second-order valence-corrected chi connectivity index (χ2v) is 7.76. The maximum absolute atomic E-state index is 12.4. The van der Waals surface area contributed by atoms with Crippen LogP contribution in [0.3, 0.4) is 0 Å². The lowest BCUT2D eigenvalue weighted by Crippen LogP contribution is -2.12. The Morgan fingerprint density at radius 2 is 2.00 bits per heavy atom. The van der Waals surface area contributed by atoms with Crippen molar-refractivity contribution in [3.63, 3.8) is 0 Å². The summed E-state index contributed by atoms with van der Waals surface area (Å²) < 4.78 is 5.38. The van der Waals surface area contributed by atoms with Crippen LogP contribution in [0.1, 0.15) is 10.5 Å². The van der Waals surface area contributed by atoms with Crippen molar-refractivity contribution in [2.75, 3.05) is 5.32 Å². The van der Waals surface area contributed by atoms with Gasteiger partial charge in [0.1, 0.15) is 6.26 Å². The second kappa shape index (κ2) is 7.20. The zero-order valence-corrected chi connectivity index (χ0v) is 16.0. The SMILES string of the molecule is O=C(Nc1nc(-c2cccs2)cs1)c1coc(-c2ccc(Cl)c(Cl)c2)n1. The Morgan fingerprint density at radius 3 is 2.77 bits per heavy atom. The van der Waals surface area contributed by atoms with Crippen LogP contribution >= 0.6 is 45.9 Å². The first-order chi connectivity index (χ1) is 12.6. The summed E-state index contributed by atoms with van der Waals surface area (Å²) >= 11 is 14.8. The Balaban J connectivity index is 1.50. The van der Waals surface area contributed by atoms with Gasteiger partial charge in [-0.1, -0.05) is 29.3 Å². The molecule has 4 rings (SSSR count). The molecule has 1 amide bonds. The summed E-state index contributed by atoms with van der Waals surface area (Å²) in [6.45, 7) is 0. The van der Waals surface area contributed by atoms with Crippen LogP contribution in [-0.4, -0.2) is 15.9 Å². The Morgan fingerprint density at radius 1 is 1.12 bits per heavy atom. The van der Waals surface area contributed by atoms with E-state index in [1.807, 2.05) is 22.9 Å². The van der Waals surface area contributed by atoms with Crippen LogP contribution in [0.4, 0.5) is 5.13 Å². The lowest BCUT2D eigenvalue weighted by Gasteiger charge is -1.98. The van der Waals surface area contributed by atoms with Gasteiger partial charge in [0.05, 0.1) is 20.6 Å². The molecule has 0 radical (unpaired) electrons. The number of thiophene rings is 1. The smallest absolute Gasteiger partial charge is 0.279 e. The molecule has 0 saturated heterocycles. The Labute approximate surface area is 166 Å². The van der Waals surface area contributed by atoms with Crippen molar-refractivity contribution in [3.8, 4) is 22.0 Å². The monoisotopic (exact) mass is 421 g/mol. The Kier molecular flexibility index (Phi) is 4.78. The van der Waals surface area contributed by atoms with Crippen LogP contribution < -0.4 is 5.32 Å². The van der Waals surface area contributed by atoms with E-state index in [0.717, 1.165) is 10.6 Å². The fourth-order valence-corrected chi connectivity index (χ4v) is 3.93. The number of nitrogens with one attached hydrogen (secondary N) is 1. The summed E-state index contributed by atoms with van der Waals surface area (Å²) in [7, 11) is 0. The number of benzene rings is 1. The minimum Gasteiger partial charge on any atom is -0.444 e. The number of aromatic nitrogens is 2. The first kappa shape index (κ1) is 17.2. The molecule has 1 N–H and O–H groups in total. The average molecular weight is 422 g/mol. The van der Waals surface area contributed by atoms with Crippen LogP contribution in [0.15, 0.2) is 51.8 Å². The molecule has 0 aliphatic carbocycles. The number of halogens is 2. The van der Waals surface area contributed by atoms with E-state index in [9.17, 15) is 4.79 Å². The predicted molar refractivity (Wildman–Crippen MR) is 105 cm³/mol. The average Bonchev–Trinajstić information content (AvgIpc) is 3.38. The molecule has 3 aromatic heterocycles. The molecule has 0 bridgehead atoms. The van der Waals surface area contributed by atoms with E-state index >= 15 is 0 Å². The number of oxazole rings is 1. The van der Waals surface area contributed by atoms with Gasteiger partial charge in [0.25, 0.3) is 5.91 Å². The lowest BCUT2D eigenvalue weighted by atomic mass is 10.2. The van der Waals surface area contributed by atoms with Crippen LogP contribution in [0.5, 0.6) is 0 Å². The number of hydrogen-bond acceptors (Lipinski definition) is 6. The largest absolute Gasteiger partial charge is 0.444 e. The van der Waals surface area contributed by atoms with Crippen LogP contribution in [0.25, 0.3) is 22.0 Å².